The summed E-state index contributed by atoms with van der Waals surface area (Å²) >= 11 is 0. The second-order valence-electron chi connectivity index (χ2n) is 5.19. The van der Waals surface area contributed by atoms with Gasteiger partial charge in [-0.15, -0.1) is 10.2 Å². The van der Waals surface area contributed by atoms with Gasteiger partial charge in [0.05, 0.1) is 12.1 Å². The fraction of sp³-hybridized carbons (Fsp3) is 0.429. The summed E-state index contributed by atoms with van der Waals surface area (Å²) in [6, 6.07) is 2.91. The Morgan fingerprint density at radius 1 is 1.33 bits per heavy atom. The maximum Gasteiger partial charge on any atom is 0.253 e. The van der Waals surface area contributed by atoms with Crippen LogP contribution in [0.5, 0.6) is 0 Å². The first kappa shape index (κ1) is 13.5. The summed E-state index contributed by atoms with van der Waals surface area (Å²) in [5.74, 6) is 1.55. The molecule has 0 saturated carbocycles. The molecule has 0 radical (unpaired) electrons. The zero-order valence-electron chi connectivity index (χ0n) is 11.9. The molecule has 0 fully saturated rings. The van der Waals surface area contributed by atoms with E-state index < -0.39 is 0 Å². The average Bonchev–Trinajstić information content (AvgIpc) is 2.91. The number of hydrogen-bond donors (Lipinski definition) is 1. The molecule has 7 nitrogen and oxygen atoms in total. The molecule has 110 valence electrons. The highest BCUT2D eigenvalue weighted by Gasteiger charge is 2.16. The van der Waals surface area contributed by atoms with Crippen molar-refractivity contribution in [3.8, 4) is 0 Å². The Balaban J connectivity index is 1.70. The number of nitrogens with zero attached hydrogens (tertiary/aromatic N) is 4. The van der Waals surface area contributed by atoms with Crippen LogP contribution in [0.2, 0.25) is 0 Å². The lowest BCUT2D eigenvalue weighted by Crippen LogP contribution is -2.27. The molecule has 0 saturated heterocycles. The minimum atomic E-state index is -0.223. The molecular formula is C14H17N5O2. The Kier molecular flexibility index (Phi) is 3.55. The largest absolute Gasteiger partial charge is 0.345 e. The molecule has 2 aromatic heterocycles. The molecular weight excluding hydrogens is 270 g/mol. The van der Waals surface area contributed by atoms with Crippen molar-refractivity contribution in [1.29, 1.82) is 0 Å². The van der Waals surface area contributed by atoms with E-state index in [9.17, 15) is 9.59 Å². The quantitative estimate of drug-likeness (QED) is 0.877. The maximum atomic E-state index is 12.1. The molecule has 7 heteroatoms. The van der Waals surface area contributed by atoms with Crippen LogP contribution < -0.4 is 10.9 Å². The summed E-state index contributed by atoms with van der Waals surface area (Å²) in [5, 5.41) is 11.1. The number of aryl methyl sites for hydroxylation is 2. The average molecular weight is 287 g/mol. The third kappa shape index (κ3) is 2.72. The van der Waals surface area contributed by atoms with Gasteiger partial charge in [0.2, 0.25) is 5.56 Å². The molecule has 1 aliphatic heterocycles. The number of carbonyl (C=O) groups is 1. The highest BCUT2D eigenvalue weighted by atomic mass is 16.2. The van der Waals surface area contributed by atoms with E-state index in [0.717, 1.165) is 37.5 Å². The lowest BCUT2D eigenvalue weighted by Gasteiger charge is -2.14. The van der Waals surface area contributed by atoms with Crippen LogP contribution in [0.15, 0.2) is 23.1 Å². The van der Waals surface area contributed by atoms with Gasteiger partial charge in [-0.05, 0) is 18.9 Å². The Hall–Kier alpha value is -2.44. The normalized spacial score (nSPS) is 13.8. The first-order valence-electron chi connectivity index (χ1n) is 7.01. The molecule has 1 N–H and O–H groups in total. The number of aromatic nitrogens is 4. The number of hydrogen-bond acceptors (Lipinski definition) is 4. The summed E-state index contributed by atoms with van der Waals surface area (Å²) in [4.78, 5) is 23.4. The van der Waals surface area contributed by atoms with E-state index in [2.05, 4.69) is 20.1 Å². The minimum absolute atomic E-state index is 0.141. The van der Waals surface area contributed by atoms with Gasteiger partial charge in [-0.25, -0.2) is 0 Å². The van der Waals surface area contributed by atoms with Gasteiger partial charge < -0.3 is 14.5 Å². The summed E-state index contributed by atoms with van der Waals surface area (Å²) < 4.78 is 3.46. The number of rotatable bonds is 3. The van der Waals surface area contributed by atoms with Gasteiger partial charge in [0, 0.05) is 32.3 Å². The summed E-state index contributed by atoms with van der Waals surface area (Å²) in [7, 11) is 1.62. The maximum absolute atomic E-state index is 12.1. The fourth-order valence-corrected chi connectivity index (χ4v) is 2.49. The van der Waals surface area contributed by atoms with Crippen LogP contribution in [0.25, 0.3) is 0 Å². The van der Waals surface area contributed by atoms with Gasteiger partial charge in [-0.1, -0.05) is 0 Å². The fourth-order valence-electron chi connectivity index (χ4n) is 2.49. The Morgan fingerprint density at radius 2 is 2.19 bits per heavy atom. The number of fused-ring (bicyclic) bond motifs is 1. The molecule has 2 aromatic rings. The lowest BCUT2D eigenvalue weighted by molar-refractivity contribution is 0.0948. The minimum Gasteiger partial charge on any atom is -0.345 e. The van der Waals surface area contributed by atoms with E-state index in [1.165, 1.54) is 22.9 Å². The molecule has 3 rings (SSSR count). The van der Waals surface area contributed by atoms with Crippen LogP contribution in [0.4, 0.5) is 0 Å². The molecule has 0 spiro atoms. The third-order valence-electron chi connectivity index (χ3n) is 3.69. The molecule has 3 heterocycles. The predicted octanol–water partition coefficient (Wildman–Crippen LogP) is 0.243. The van der Waals surface area contributed by atoms with Crippen molar-refractivity contribution < 1.29 is 4.79 Å². The topological polar surface area (TPSA) is 81.8 Å². The van der Waals surface area contributed by atoms with Crippen molar-refractivity contribution in [2.45, 2.75) is 32.4 Å². The predicted molar refractivity (Wildman–Crippen MR) is 75.8 cm³/mol. The summed E-state index contributed by atoms with van der Waals surface area (Å²) in [6.45, 7) is 1.25. The van der Waals surface area contributed by atoms with E-state index in [4.69, 9.17) is 0 Å². The molecule has 0 bridgehead atoms. The van der Waals surface area contributed by atoms with Crippen LogP contribution in [0.3, 0.4) is 0 Å². The number of pyridine rings is 1. The first-order valence-corrected chi connectivity index (χ1v) is 7.01. The van der Waals surface area contributed by atoms with E-state index in [1.807, 2.05) is 0 Å². The van der Waals surface area contributed by atoms with Crippen molar-refractivity contribution >= 4 is 5.91 Å². The number of amides is 1. The zero-order chi connectivity index (χ0) is 14.8. The third-order valence-corrected chi connectivity index (χ3v) is 3.69. The molecule has 0 aromatic carbocycles. The van der Waals surface area contributed by atoms with Crippen LogP contribution in [-0.2, 0) is 26.6 Å². The number of nitrogens with one attached hydrogen (secondary N) is 1. The SMILES string of the molecule is Cn1cc(C(=O)NCc2nnc3n2CCCC3)ccc1=O. The van der Waals surface area contributed by atoms with Gasteiger partial charge in [-0.2, -0.15) is 0 Å². The van der Waals surface area contributed by atoms with E-state index >= 15 is 0 Å². The van der Waals surface area contributed by atoms with E-state index in [0.29, 0.717) is 12.1 Å². The van der Waals surface area contributed by atoms with Gasteiger partial charge in [0.25, 0.3) is 5.91 Å². The van der Waals surface area contributed by atoms with Gasteiger partial charge in [0.1, 0.15) is 5.82 Å². The standard InChI is InChI=1S/C14H17N5O2/c1-18-9-10(5-6-13(18)20)14(21)15-8-12-17-16-11-4-2-3-7-19(11)12/h5-6,9H,2-4,7-8H2,1H3,(H,15,21). The molecule has 0 unspecified atom stereocenters. The summed E-state index contributed by atoms with van der Waals surface area (Å²) in [5.41, 5.74) is 0.313. The molecule has 0 atom stereocenters. The highest BCUT2D eigenvalue weighted by Crippen LogP contribution is 2.14. The van der Waals surface area contributed by atoms with Crippen molar-refractivity contribution in [2.24, 2.45) is 7.05 Å². The van der Waals surface area contributed by atoms with Crippen molar-refractivity contribution in [2.75, 3.05) is 0 Å². The van der Waals surface area contributed by atoms with E-state index in [1.54, 1.807) is 7.05 Å². The lowest BCUT2D eigenvalue weighted by atomic mass is 10.2. The second kappa shape index (κ2) is 5.51. The highest BCUT2D eigenvalue weighted by molar-refractivity contribution is 5.93. The van der Waals surface area contributed by atoms with Crippen molar-refractivity contribution in [1.82, 2.24) is 24.6 Å². The zero-order valence-corrected chi connectivity index (χ0v) is 11.9. The molecule has 1 amide bonds. The van der Waals surface area contributed by atoms with Gasteiger partial charge in [-0.3, -0.25) is 9.59 Å². The van der Waals surface area contributed by atoms with Crippen LogP contribution in [0.1, 0.15) is 34.8 Å². The molecule has 21 heavy (non-hydrogen) atoms. The Labute approximate surface area is 121 Å². The van der Waals surface area contributed by atoms with Crippen molar-refractivity contribution in [3.63, 3.8) is 0 Å². The molecule has 1 aliphatic rings. The Bertz CT molecular complexity index is 731. The van der Waals surface area contributed by atoms with Crippen LogP contribution in [0, 0.1) is 0 Å². The Morgan fingerprint density at radius 3 is 3.00 bits per heavy atom. The number of carbonyl (C=O) groups excluding carboxylic acids is 1. The molecule has 0 aliphatic carbocycles. The smallest absolute Gasteiger partial charge is 0.253 e. The van der Waals surface area contributed by atoms with Crippen LogP contribution >= 0.6 is 0 Å². The van der Waals surface area contributed by atoms with Crippen LogP contribution in [-0.4, -0.2) is 25.2 Å². The first-order chi connectivity index (χ1) is 10.1. The monoisotopic (exact) mass is 287 g/mol. The van der Waals surface area contributed by atoms with Gasteiger partial charge in [0.15, 0.2) is 5.82 Å². The van der Waals surface area contributed by atoms with Gasteiger partial charge >= 0.3 is 0 Å². The van der Waals surface area contributed by atoms with Crippen molar-refractivity contribution in [3.05, 3.63) is 45.9 Å². The second-order valence-corrected chi connectivity index (χ2v) is 5.19. The van der Waals surface area contributed by atoms with E-state index in [-0.39, 0.29) is 11.5 Å². The summed E-state index contributed by atoms with van der Waals surface area (Å²) in [6.07, 6.45) is 4.73.